The van der Waals surface area contributed by atoms with Crippen molar-refractivity contribution in [2.24, 2.45) is 5.92 Å². The molecule has 2 aromatic carbocycles. The summed E-state index contributed by atoms with van der Waals surface area (Å²) in [6, 6.07) is 17.9. The standard InChI is InChI=1S/C37H43F2N5O4/c1-37(38,39)48-32-6-4-5-26(23-32)25-42-19-15-30(16-20-42)41-35(46)29-9-12-33(40-24-29)36(47)44-21-13-28(14-22-44)34(45)27-7-10-31(11-8-27)43-17-2-3-18-43/h4-12,23-24,28,30H,2-3,13-22,25H2,1H3,(H,41,46). The van der Waals surface area contributed by atoms with Gasteiger partial charge in [0.15, 0.2) is 5.78 Å². The average Bonchev–Trinajstić information content (AvgIpc) is 3.64. The smallest absolute Gasteiger partial charge is 0.394 e. The summed E-state index contributed by atoms with van der Waals surface area (Å²) in [7, 11) is 0. The number of piperidine rings is 2. The largest absolute Gasteiger partial charge is 0.433 e. The number of ketones is 1. The number of alkyl halides is 2. The molecule has 0 radical (unpaired) electrons. The van der Waals surface area contributed by atoms with Gasteiger partial charge in [-0.15, -0.1) is 0 Å². The molecule has 0 unspecified atom stereocenters. The summed E-state index contributed by atoms with van der Waals surface area (Å²) < 4.78 is 31.1. The van der Waals surface area contributed by atoms with Crippen LogP contribution >= 0.6 is 0 Å². The van der Waals surface area contributed by atoms with Crippen LogP contribution in [0.4, 0.5) is 14.5 Å². The van der Waals surface area contributed by atoms with Crippen LogP contribution in [0, 0.1) is 5.92 Å². The van der Waals surface area contributed by atoms with E-state index in [2.05, 4.69) is 24.8 Å². The van der Waals surface area contributed by atoms with Crippen LogP contribution in [-0.2, 0) is 6.54 Å². The number of halogens is 2. The van der Waals surface area contributed by atoms with Gasteiger partial charge in [-0.25, -0.2) is 0 Å². The summed E-state index contributed by atoms with van der Waals surface area (Å²) in [5.41, 5.74) is 3.44. The molecule has 4 heterocycles. The molecular formula is C37H43F2N5O4. The number of hydrogen-bond donors (Lipinski definition) is 1. The Morgan fingerprint density at radius 3 is 2.21 bits per heavy atom. The lowest BCUT2D eigenvalue weighted by atomic mass is 9.88. The number of aromatic nitrogens is 1. The number of pyridine rings is 1. The zero-order valence-electron chi connectivity index (χ0n) is 27.4. The van der Waals surface area contributed by atoms with Crippen molar-refractivity contribution in [1.82, 2.24) is 20.1 Å². The highest BCUT2D eigenvalue weighted by molar-refractivity contribution is 5.99. The molecule has 3 aliphatic heterocycles. The van der Waals surface area contributed by atoms with Gasteiger partial charge in [-0.3, -0.25) is 24.3 Å². The fraction of sp³-hybridized carbons (Fsp3) is 0.459. The first kappa shape index (κ1) is 33.5. The van der Waals surface area contributed by atoms with Crippen LogP contribution in [0.3, 0.4) is 0 Å². The SMILES string of the molecule is CC(F)(F)Oc1cccc(CN2CCC(NC(=O)c3ccc(C(=O)N4CCC(C(=O)c5ccc(N6CCCC6)cc5)CC4)nc3)CC2)c1. The Morgan fingerprint density at radius 2 is 1.56 bits per heavy atom. The maximum Gasteiger partial charge on any atom is 0.394 e. The summed E-state index contributed by atoms with van der Waals surface area (Å²) in [5.74, 6) is -0.278. The molecule has 1 aromatic heterocycles. The Morgan fingerprint density at radius 1 is 0.875 bits per heavy atom. The molecule has 3 aromatic rings. The second-order valence-electron chi connectivity index (χ2n) is 13.2. The zero-order chi connectivity index (χ0) is 33.7. The first-order valence-electron chi connectivity index (χ1n) is 16.9. The minimum atomic E-state index is -3.23. The van der Waals surface area contributed by atoms with Gasteiger partial charge in [-0.1, -0.05) is 12.1 Å². The number of likely N-dealkylation sites (tertiary alicyclic amines) is 2. The molecule has 2 amide bonds. The number of carbonyl (C=O) groups is 3. The highest BCUT2D eigenvalue weighted by atomic mass is 19.3. The molecule has 0 spiro atoms. The van der Waals surface area contributed by atoms with Crippen molar-refractivity contribution in [1.29, 1.82) is 0 Å². The summed E-state index contributed by atoms with van der Waals surface area (Å²) in [6.45, 7) is 5.92. The minimum absolute atomic E-state index is 0.00414. The van der Waals surface area contributed by atoms with E-state index < -0.39 is 6.11 Å². The second kappa shape index (κ2) is 14.8. The first-order valence-corrected chi connectivity index (χ1v) is 16.9. The molecule has 0 aliphatic carbocycles. The minimum Gasteiger partial charge on any atom is -0.433 e. The van der Waals surface area contributed by atoms with Crippen molar-refractivity contribution >= 4 is 23.3 Å². The lowest BCUT2D eigenvalue weighted by Gasteiger charge is -2.32. The number of benzene rings is 2. The summed E-state index contributed by atoms with van der Waals surface area (Å²) in [5, 5.41) is 3.07. The van der Waals surface area contributed by atoms with Crippen LogP contribution in [0.1, 0.15) is 82.2 Å². The maximum absolute atomic E-state index is 13.2. The quantitative estimate of drug-likeness (QED) is 0.275. The van der Waals surface area contributed by atoms with Gasteiger partial charge in [0.05, 0.1) is 5.56 Å². The Labute approximate surface area is 280 Å². The Bertz CT molecular complexity index is 1570. The number of carbonyl (C=O) groups excluding carboxylic acids is 3. The molecule has 1 N–H and O–H groups in total. The van der Waals surface area contributed by atoms with Crippen molar-refractivity contribution in [3.8, 4) is 5.75 Å². The monoisotopic (exact) mass is 659 g/mol. The van der Waals surface area contributed by atoms with Crippen molar-refractivity contribution in [3.05, 3.63) is 89.2 Å². The molecule has 254 valence electrons. The average molecular weight is 660 g/mol. The summed E-state index contributed by atoms with van der Waals surface area (Å²) in [6.07, 6.45) is 3.34. The Kier molecular flexibility index (Phi) is 10.3. The highest BCUT2D eigenvalue weighted by Crippen LogP contribution is 2.26. The van der Waals surface area contributed by atoms with Crippen LogP contribution < -0.4 is 15.0 Å². The molecule has 3 fully saturated rings. The molecule has 48 heavy (non-hydrogen) atoms. The number of nitrogens with one attached hydrogen (secondary N) is 1. The molecule has 0 saturated carbocycles. The topological polar surface area (TPSA) is 95.1 Å². The second-order valence-corrected chi connectivity index (χ2v) is 13.2. The van der Waals surface area contributed by atoms with Crippen LogP contribution in [0.5, 0.6) is 5.75 Å². The van der Waals surface area contributed by atoms with E-state index in [4.69, 9.17) is 0 Å². The predicted molar refractivity (Wildman–Crippen MR) is 179 cm³/mol. The lowest BCUT2D eigenvalue weighted by molar-refractivity contribution is -0.159. The molecule has 3 aliphatic rings. The zero-order valence-corrected chi connectivity index (χ0v) is 27.4. The number of rotatable bonds is 10. The number of Topliss-reactive ketones (excluding diaryl/α,β-unsaturated/α-hetero) is 1. The highest BCUT2D eigenvalue weighted by Gasteiger charge is 2.30. The van der Waals surface area contributed by atoms with Gasteiger partial charge in [0.2, 0.25) is 0 Å². The van der Waals surface area contributed by atoms with Crippen molar-refractivity contribution in [3.63, 3.8) is 0 Å². The fourth-order valence-electron chi connectivity index (χ4n) is 6.89. The predicted octanol–water partition coefficient (Wildman–Crippen LogP) is 5.80. The van der Waals surface area contributed by atoms with E-state index in [1.165, 1.54) is 30.8 Å². The molecular weight excluding hydrogens is 616 g/mol. The van der Waals surface area contributed by atoms with Crippen LogP contribution in [0.15, 0.2) is 66.9 Å². The summed E-state index contributed by atoms with van der Waals surface area (Å²) >= 11 is 0. The van der Waals surface area contributed by atoms with E-state index >= 15 is 0 Å². The molecule has 0 bridgehead atoms. The maximum atomic E-state index is 13.2. The Hall–Kier alpha value is -4.38. The Balaban J connectivity index is 0.933. The van der Waals surface area contributed by atoms with E-state index in [1.807, 2.05) is 30.3 Å². The molecule has 11 heteroatoms. The number of amides is 2. The number of hydrogen-bond acceptors (Lipinski definition) is 7. The van der Waals surface area contributed by atoms with Gasteiger partial charge in [0, 0.05) is 82.1 Å². The van der Waals surface area contributed by atoms with E-state index in [9.17, 15) is 23.2 Å². The van der Waals surface area contributed by atoms with Crippen molar-refractivity contribution < 1.29 is 27.9 Å². The molecule has 0 atom stereocenters. The van der Waals surface area contributed by atoms with E-state index in [0.717, 1.165) is 50.1 Å². The third-order valence-electron chi connectivity index (χ3n) is 9.55. The van der Waals surface area contributed by atoms with Crippen LogP contribution in [0.25, 0.3) is 0 Å². The third-order valence-corrected chi connectivity index (χ3v) is 9.55. The van der Waals surface area contributed by atoms with Gasteiger partial charge in [-0.2, -0.15) is 8.78 Å². The first-order chi connectivity index (χ1) is 23.1. The number of ether oxygens (including phenoxy) is 1. The van der Waals surface area contributed by atoms with Crippen molar-refractivity contribution in [2.45, 2.75) is 64.1 Å². The van der Waals surface area contributed by atoms with Gasteiger partial charge >= 0.3 is 6.11 Å². The van der Waals surface area contributed by atoms with E-state index in [-0.39, 0.29) is 41.0 Å². The van der Waals surface area contributed by atoms with Crippen LogP contribution in [0.2, 0.25) is 0 Å². The molecule has 3 saturated heterocycles. The summed E-state index contributed by atoms with van der Waals surface area (Å²) in [4.78, 5) is 49.9. The molecule has 6 rings (SSSR count). The molecule has 9 nitrogen and oxygen atoms in total. The normalized spacial score (nSPS) is 18.1. The van der Waals surface area contributed by atoms with Crippen molar-refractivity contribution in [2.75, 3.05) is 44.2 Å². The van der Waals surface area contributed by atoms with E-state index in [0.29, 0.717) is 45.0 Å². The van der Waals surface area contributed by atoms with Gasteiger partial charge < -0.3 is 19.9 Å². The van der Waals surface area contributed by atoms with Gasteiger partial charge in [0.1, 0.15) is 11.4 Å². The van der Waals surface area contributed by atoms with Gasteiger partial charge in [0.25, 0.3) is 11.8 Å². The lowest BCUT2D eigenvalue weighted by Crippen LogP contribution is -2.44. The van der Waals surface area contributed by atoms with E-state index in [1.54, 1.807) is 29.2 Å². The fourth-order valence-corrected chi connectivity index (χ4v) is 6.89. The third kappa shape index (κ3) is 8.55. The van der Waals surface area contributed by atoms with Gasteiger partial charge in [-0.05, 0) is 92.6 Å². The van der Waals surface area contributed by atoms with Crippen LogP contribution in [-0.4, -0.2) is 83.8 Å². The number of anilines is 1. The number of nitrogens with zero attached hydrogens (tertiary/aromatic N) is 4.